The number of amides is 2. The van der Waals surface area contributed by atoms with Gasteiger partial charge in [-0.1, -0.05) is 24.3 Å². The molecule has 2 amide bonds. The zero-order valence-electron chi connectivity index (χ0n) is 15.8. The van der Waals surface area contributed by atoms with Gasteiger partial charge in [0.2, 0.25) is 5.91 Å². The van der Waals surface area contributed by atoms with Gasteiger partial charge in [0.05, 0.1) is 6.54 Å². The molecule has 2 aromatic carbocycles. The molecule has 0 unspecified atom stereocenters. The van der Waals surface area contributed by atoms with Gasteiger partial charge in [-0.15, -0.1) is 0 Å². The summed E-state index contributed by atoms with van der Waals surface area (Å²) in [5.41, 5.74) is 0.159. The minimum absolute atomic E-state index is 0.0242. The molecule has 0 radical (unpaired) electrons. The smallest absolute Gasteiger partial charge is 0.254 e. The quantitative estimate of drug-likeness (QED) is 0.857. The van der Waals surface area contributed by atoms with Gasteiger partial charge in [0.15, 0.2) is 0 Å². The van der Waals surface area contributed by atoms with Gasteiger partial charge >= 0.3 is 0 Å². The second kappa shape index (κ2) is 8.52. The lowest BCUT2D eigenvalue weighted by Crippen LogP contribution is -2.47. The molecule has 0 aliphatic heterocycles. The van der Waals surface area contributed by atoms with E-state index in [-0.39, 0.29) is 23.9 Å². The topological polar surface area (TPSA) is 58.6 Å². The summed E-state index contributed by atoms with van der Waals surface area (Å²) in [4.78, 5) is 26.4. The van der Waals surface area contributed by atoms with Crippen LogP contribution in [0.5, 0.6) is 11.5 Å². The van der Waals surface area contributed by atoms with Gasteiger partial charge < -0.3 is 15.0 Å². The van der Waals surface area contributed by atoms with Crippen LogP contribution in [0.4, 0.5) is 0 Å². The molecule has 5 heteroatoms. The molecule has 0 spiro atoms. The number of likely N-dealkylation sites (N-methyl/N-ethyl adjacent to an activating group) is 1. The van der Waals surface area contributed by atoms with Gasteiger partial charge in [0, 0.05) is 17.6 Å². The molecule has 0 saturated carbocycles. The Morgan fingerprint density at radius 3 is 2.27 bits per heavy atom. The average molecular weight is 354 g/mol. The van der Waals surface area contributed by atoms with Gasteiger partial charge in [0.1, 0.15) is 11.5 Å². The number of rotatable bonds is 6. The Morgan fingerprint density at radius 1 is 1.00 bits per heavy atom. The van der Waals surface area contributed by atoms with Crippen molar-refractivity contribution in [1.82, 2.24) is 10.2 Å². The van der Waals surface area contributed by atoms with E-state index >= 15 is 0 Å². The molecular weight excluding hydrogens is 328 g/mol. The first-order valence-electron chi connectivity index (χ1n) is 8.72. The van der Waals surface area contributed by atoms with Gasteiger partial charge in [0.25, 0.3) is 5.91 Å². The van der Waals surface area contributed by atoms with Crippen LogP contribution in [0.25, 0.3) is 0 Å². The SMILES string of the molecule is CCN(CC(=O)NC(C)(C)C)C(=O)c1cccc(Oc2ccccc2)c1. The van der Waals surface area contributed by atoms with Crippen molar-refractivity contribution in [3.8, 4) is 11.5 Å². The van der Waals surface area contributed by atoms with Gasteiger partial charge in [-0.25, -0.2) is 0 Å². The molecule has 1 N–H and O–H groups in total. The van der Waals surface area contributed by atoms with Gasteiger partial charge in [-0.05, 0) is 58.0 Å². The van der Waals surface area contributed by atoms with Crippen molar-refractivity contribution in [1.29, 1.82) is 0 Å². The Bertz CT molecular complexity index is 751. The van der Waals surface area contributed by atoms with Crippen LogP contribution in [0.1, 0.15) is 38.1 Å². The second-order valence-corrected chi connectivity index (χ2v) is 7.06. The lowest BCUT2D eigenvalue weighted by atomic mass is 10.1. The maximum atomic E-state index is 12.8. The largest absolute Gasteiger partial charge is 0.457 e. The normalized spacial score (nSPS) is 10.9. The number of para-hydroxylation sites is 1. The fourth-order valence-corrected chi connectivity index (χ4v) is 2.46. The number of nitrogens with one attached hydrogen (secondary N) is 1. The molecule has 0 aromatic heterocycles. The molecule has 138 valence electrons. The summed E-state index contributed by atoms with van der Waals surface area (Å²) >= 11 is 0. The van der Waals surface area contributed by atoms with Crippen LogP contribution in [0.15, 0.2) is 54.6 Å². The molecule has 5 nitrogen and oxygen atoms in total. The van der Waals surface area contributed by atoms with Crippen molar-refractivity contribution in [3.05, 3.63) is 60.2 Å². The van der Waals surface area contributed by atoms with Crippen molar-refractivity contribution < 1.29 is 14.3 Å². The van der Waals surface area contributed by atoms with E-state index in [4.69, 9.17) is 4.74 Å². The van der Waals surface area contributed by atoms with E-state index in [1.807, 2.05) is 58.0 Å². The average Bonchev–Trinajstić information content (AvgIpc) is 2.58. The predicted octanol–water partition coefficient (Wildman–Crippen LogP) is 3.86. The van der Waals surface area contributed by atoms with Crippen molar-refractivity contribution in [2.45, 2.75) is 33.2 Å². The number of hydrogen-bond acceptors (Lipinski definition) is 3. The zero-order valence-corrected chi connectivity index (χ0v) is 15.8. The highest BCUT2D eigenvalue weighted by atomic mass is 16.5. The van der Waals surface area contributed by atoms with Crippen molar-refractivity contribution in [2.24, 2.45) is 0 Å². The minimum atomic E-state index is -0.330. The number of ether oxygens (including phenoxy) is 1. The van der Waals surface area contributed by atoms with Crippen molar-refractivity contribution >= 4 is 11.8 Å². The molecule has 0 aliphatic rings. The fraction of sp³-hybridized carbons (Fsp3) is 0.333. The van der Waals surface area contributed by atoms with E-state index in [1.165, 1.54) is 4.90 Å². The summed E-state index contributed by atoms with van der Waals surface area (Å²) in [6, 6.07) is 16.4. The lowest BCUT2D eigenvalue weighted by Gasteiger charge is -2.25. The van der Waals surface area contributed by atoms with E-state index in [0.717, 1.165) is 0 Å². The van der Waals surface area contributed by atoms with Crippen LogP contribution in [0.2, 0.25) is 0 Å². The molecule has 0 aliphatic carbocycles. The number of carbonyl (C=O) groups excluding carboxylic acids is 2. The summed E-state index contributed by atoms with van der Waals surface area (Å²) < 4.78 is 5.78. The Morgan fingerprint density at radius 2 is 1.65 bits per heavy atom. The molecule has 26 heavy (non-hydrogen) atoms. The molecule has 0 bridgehead atoms. The van der Waals surface area contributed by atoms with Crippen LogP contribution in [-0.4, -0.2) is 35.3 Å². The van der Waals surface area contributed by atoms with Crippen molar-refractivity contribution in [3.63, 3.8) is 0 Å². The molecule has 2 aromatic rings. The first-order valence-corrected chi connectivity index (χ1v) is 8.72. The lowest BCUT2D eigenvalue weighted by molar-refractivity contribution is -0.123. The third-order valence-corrected chi connectivity index (χ3v) is 3.58. The second-order valence-electron chi connectivity index (χ2n) is 7.06. The maximum absolute atomic E-state index is 12.8. The number of benzene rings is 2. The van der Waals surface area contributed by atoms with Crippen LogP contribution >= 0.6 is 0 Å². The monoisotopic (exact) mass is 354 g/mol. The van der Waals surface area contributed by atoms with Gasteiger partial charge in [-0.3, -0.25) is 9.59 Å². The van der Waals surface area contributed by atoms with E-state index in [0.29, 0.717) is 23.6 Å². The standard InChI is InChI=1S/C21H26N2O3/c1-5-23(15-19(24)22-21(2,3)4)20(25)16-10-9-13-18(14-16)26-17-11-7-6-8-12-17/h6-14H,5,15H2,1-4H3,(H,22,24). The number of carbonyl (C=O) groups is 2. The molecule has 0 atom stereocenters. The number of nitrogens with zero attached hydrogens (tertiary/aromatic N) is 1. The Kier molecular flexibility index (Phi) is 6.39. The van der Waals surface area contributed by atoms with E-state index in [2.05, 4.69) is 5.32 Å². The highest BCUT2D eigenvalue weighted by Crippen LogP contribution is 2.22. The Hall–Kier alpha value is -2.82. The summed E-state index contributed by atoms with van der Waals surface area (Å²) in [7, 11) is 0. The van der Waals surface area contributed by atoms with E-state index < -0.39 is 0 Å². The summed E-state index contributed by atoms with van der Waals surface area (Å²) in [5, 5.41) is 2.88. The van der Waals surface area contributed by atoms with E-state index in [9.17, 15) is 9.59 Å². The molecular formula is C21H26N2O3. The van der Waals surface area contributed by atoms with Crippen LogP contribution in [0.3, 0.4) is 0 Å². The summed E-state index contributed by atoms with van der Waals surface area (Å²) in [6.45, 7) is 8.05. The highest BCUT2D eigenvalue weighted by Gasteiger charge is 2.20. The predicted molar refractivity (Wildman–Crippen MR) is 102 cm³/mol. The first-order chi connectivity index (χ1) is 12.3. The zero-order chi connectivity index (χ0) is 19.2. The Balaban J connectivity index is 2.09. The minimum Gasteiger partial charge on any atom is -0.457 e. The Labute approximate surface area is 155 Å². The van der Waals surface area contributed by atoms with E-state index in [1.54, 1.807) is 24.3 Å². The first kappa shape index (κ1) is 19.5. The fourth-order valence-electron chi connectivity index (χ4n) is 2.46. The third kappa shape index (κ3) is 5.92. The number of hydrogen-bond donors (Lipinski definition) is 1. The maximum Gasteiger partial charge on any atom is 0.254 e. The highest BCUT2D eigenvalue weighted by molar-refractivity contribution is 5.96. The summed E-state index contributed by atoms with van der Waals surface area (Å²) in [6.07, 6.45) is 0. The van der Waals surface area contributed by atoms with Crippen LogP contribution < -0.4 is 10.1 Å². The molecule has 0 heterocycles. The molecule has 2 rings (SSSR count). The third-order valence-electron chi connectivity index (χ3n) is 3.58. The molecule has 0 saturated heterocycles. The van der Waals surface area contributed by atoms with Gasteiger partial charge in [-0.2, -0.15) is 0 Å². The van der Waals surface area contributed by atoms with Crippen molar-refractivity contribution in [2.75, 3.05) is 13.1 Å². The molecule has 0 fully saturated rings. The van der Waals surface area contributed by atoms with Crippen LogP contribution in [-0.2, 0) is 4.79 Å². The summed E-state index contributed by atoms with van der Waals surface area (Å²) in [5.74, 6) is 0.908. The van der Waals surface area contributed by atoms with Crippen LogP contribution in [0, 0.1) is 0 Å².